The van der Waals surface area contributed by atoms with Gasteiger partial charge in [-0.05, 0) is 17.5 Å². The van der Waals surface area contributed by atoms with E-state index in [0.717, 1.165) is 18.9 Å². The van der Waals surface area contributed by atoms with Gasteiger partial charge in [-0.3, -0.25) is 9.79 Å². The van der Waals surface area contributed by atoms with Crippen molar-refractivity contribution in [2.24, 2.45) is 4.99 Å². The molecule has 0 spiro atoms. The molecule has 0 radical (unpaired) electrons. The lowest BCUT2D eigenvalue weighted by molar-refractivity contribution is -0.128. The van der Waals surface area contributed by atoms with Crippen LogP contribution in [0, 0.1) is 0 Å². The summed E-state index contributed by atoms with van der Waals surface area (Å²) in [5, 5.41) is 6.56. The lowest BCUT2D eigenvalue weighted by atomic mass is 9.88. The van der Waals surface area contributed by atoms with E-state index in [1.807, 2.05) is 12.1 Å². The summed E-state index contributed by atoms with van der Waals surface area (Å²) in [7, 11) is 5.28. The van der Waals surface area contributed by atoms with Gasteiger partial charge >= 0.3 is 0 Å². The summed E-state index contributed by atoms with van der Waals surface area (Å²) in [6.45, 7) is 1.35. The summed E-state index contributed by atoms with van der Waals surface area (Å²) in [6, 6.07) is 21.1. The third-order valence-electron chi connectivity index (χ3n) is 4.48. The lowest BCUT2D eigenvalue weighted by Gasteiger charge is -2.19. The van der Waals surface area contributed by atoms with Gasteiger partial charge in [-0.1, -0.05) is 60.7 Å². The Morgan fingerprint density at radius 2 is 1.44 bits per heavy atom. The van der Waals surface area contributed by atoms with Crippen LogP contribution in [0.3, 0.4) is 0 Å². The third-order valence-corrected chi connectivity index (χ3v) is 4.48. The number of carbonyl (C=O) groups is 1. The van der Waals surface area contributed by atoms with Gasteiger partial charge in [0.1, 0.15) is 0 Å². The summed E-state index contributed by atoms with van der Waals surface area (Å²) in [5.41, 5.74) is 2.62. The maximum Gasteiger partial charge on any atom is 0.223 e. The highest BCUT2D eigenvalue weighted by molar-refractivity contribution is 5.81. The van der Waals surface area contributed by atoms with Gasteiger partial charge in [-0.25, -0.2) is 0 Å². The first kappa shape index (κ1) is 20.5. The Bertz CT molecular complexity index is 674. The van der Waals surface area contributed by atoms with Gasteiger partial charge in [0.15, 0.2) is 5.96 Å². The van der Waals surface area contributed by atoms with Crippen molar-refractivity contribution < 1.29 is 4.79 Å². The van der Waals surface area contributed by atoms with Crippen LogP contribution in [0.15, 0.2) is 65.7 Å². The van der Waals surface area contributed by atoms with Crippen LogP contribution in [0.25, 0.3) is 0 Å². The number of hydrogen-bond donors (Lipinski definition) is 2. The van der Waals surface area contributed by atoms with E-state index in [-0.39, 0.29) is 5.91 Å². The van der Waals surface area contributed by atoms with E-state index >= 15 is 0 Å². The molecule has 0 aliphatic carbocycles. The van der Waals surface area contributed by atoms with Gasteiger partial charge < -0.3 is 15.5 Å². The minimum atomic E-state index is 0.103. The minimum absolute atomic E-state index is 0.103. The molecule has 0 saturated heterocycles. The molecule has 2 N–H and O–H groups in total. The lowest BCUT2D eigenvalue weighted by Crippen LogP contribution is -2.39. The second kappa shape index (κ2) is 11.0. The number of aliphatic imine (C=N–C) groups is 1. The van der Waals surface area contributed by atoms with E-state index in [9.17, 15) is 4.79 Å². The van der Waals surface area contributed by atoms with Gasteiger partial charge in [-0.2, -0.15) is 0 Å². The molecule has 0 unspecified atom stereocenters. The molecule has 0 saturated carbocycles. The summed E-state index contributed by atoms with van der Waals surface area (Å²) in [5.74, 6) is 1.15. The van der Waals surface area contributed by atoms with Crippen LogP contribution >= 0.6 is 0 Å². The van der Waals surface area contributed by atoms with E-state index in [4.69, 9.17) is 0 Å². The van der Waals surface area contributed by atoms with Crippen molar-refractivity contribution in [3.05, 3.63) is 71.8 Å². The number of nitrogens with zero attached hydrogens (tertiary/aromatic N) is 2. The first-order valence-electron chi connectivity index (χ1n) is 9.36. The van der Waals surface area contributed by atoms with Crippen LogP contribution in [0.4, 0.5) is 0 Å². The number of benzene rings is 2. The normalized spacial score (nSPS) is 11.3. The monoisotopic (exact) mass is 366 g/mol. The quantitative estimate of drug-likeness (QED) is 0.558. The molecule has 27 heavy (non-hydrogen) atoms. The van der Waals surface area contributed by atoms with Crippen molar-refractivity contribution >= 4 is 11.9 Å². The highest BCUT2D eigenvalue weighted by Gasteiger charge is 2.13. The Kier molecular flexibility index (Phi) is 8.36. The standard InChI is InChI=1S/C22H30N4O/c1-23-22(25-17-15-21(27)26(2)3)24-16-14-20(18-10-6-4-7-11-18)19-12-8-5-9-13-19/h4-13,20H,14-17H2,1-3H3,(H2,23,24,25). The average molecular weight is 367 g/mol. The fourth-order valence-electron chi connectivity index (χ4n) is 2.96. The van der Waals surface area contributed by atoms with E-state index in [2.05, 4.69) is 64.2 Å². The number of rotatable bonds is 8. The molecule has 0 atom stereocenters. The summed E-state index contributed by atoms with van der Waals surface area (Å²) >= 11 is 0. The second-order valence-electron chi connectivity index (χ2n) is 6.63. The van der Waals surface area contributed by atoms with Crippen molar-refractivity contribution in [2.45, 2.75) is 18.8 Å². The number of amides is 1. The fraction of sp³-hybridized carbons (Fsp3) is 0.364. The Morgan fingerprint density at radius 3 is 1.93 bits per heavy atom. The topological polar surface area (TPSA) is 56.7 Å². The molecule has 2 aromatic rings. The molecule has 0 heterocycles. The molecule has 1 amide bonds. The van der Waals surface area contributed by atoms with Crippen LogP contribution in [0.1, 0.15) is 29.9 Å². The highest BCUT2D eigenvalue weighted by atomic mass is 16.2. The van der Waals surface area contributed by atoms with E-state index < -0.39 is 0 Å². The molecule has 0 fully saturated rings. The smallest absolute Gasteiger partial charge is 0.223 e. The SMILES string of the molecule is CN=C(NCCC(=O)N(C)C)NCCC(c1ccccc1)c1ccccc1. The van der Waals surface area contributed by atoms with Crippen molar-refractivity contribution in [1.82, 2.24) is 15.5 Å². The van der Waals surface area contributed by atoms with Crippen LogP contribution in [-0.2, 0) is 4.79 Å². The number of guanidine groups is 1. The molecule has 2 aromatic carbocycles. The molecule has 0 aliphatic rings. The van der Waals surface area contributed by atoms with Gasteiger partial charge in [0.05, 0.1) is 0 Å². The molecular weight excluding hydrogens is 336 g/mol. The molecule has 0 aliphatic heterocycles. The Labute approximate surface area is 162 Å². The van der Waals surface area contributed by atoms with Gasteiger partial charge in [0.25, 0.3) is 0 Å². The fourth-order valence-corrected chi connectivity index (χ4v) is 2.96. The maximum atomic E-state index is 11.7. The Hall–Kier alpha value is -2.82. The van der Waals surface area contributed by atoms with Crippen LogP contribution in [-0.4, -0.2) is 51.0 Å². The number of carbonyl (C=O) groups excluding carboxylic acids is 1. The molecule has 5 nitrogen and oxygen atoms in total. The van der Waals surface area contributed by atoms with Gasteiger partial charge in [-0.15, -0.1) is 0 Å². The van der Waals surface area contributed by atoms with Gasteiger partial charge in [0, 0.05) is 46.6 Å². The van der Waals surface area contributed by atoms with E-state index in [1.165, 1.54) is 11.1 Å². The van der Waals surface area contributed by atoms with Crippen molar-refractivity contribution in [2.75, 3.05) is 34.2 Å². The number of nitrogens with one attached hydrogen (secondary N) is 2. The molecular formula is C22H30N4O. The first-order chi connectivity index (χ1) is 13.1. The first-order valence-corrected chi connectivity index (χ1v) is 9.36. The van der Waals surface area contributed by atoms with Crippen molar-refractivity contribution in [1.29, 1.82) is 0 Å². The third kappa shape index (κ3) is 6.77. The largest absolute Gasteiger partial charge is 0.356 e. The van der Waals surface area contributed by atoms with Crippen molar-refractivity contribution in [3.63, 3.8) is 0 Å². The van der Waals surface area contributed by atoms with Gasteiger partial charge in [0.2, 0.25) is 5.91 Å². The Balaban J connectivity index is 1.90. The summed E-state index contributed by atoms with van der Waals surface area (Å²) in [4.78, 5) is 17.5. The highest BCUT2D eigenvalue weighted by Crippen LogP contribution is 2.27. The molecule has 2 rings (SSSR count). The summed E-state index contributed by atoms with van der Waals surface area (Å²) in [6.07, 6.45) is 1.40. The average Bonchev–Trinajstić information content (AvgIpc) is 2.71. The number of hydrogen-bond acceptors (Lipinski definition) is 2. The zero-order valence-corrected chi connectivity index (χ0v) is 16.5. The molecule has 0 aromatic heterocycles. The molecule has 5 heteroatoms. The molecule has 0 bridgehead atoms. The van der Waals surface area contributed by atoms with E-state index in [1.54, 1.807) is 26.0 Å². The summed E-state index contributed by atoms with van der Waals surface area (Å²) < 4.78 is 0. The zero-order valence-electron chi connectivity index (χ0n) is 16.5. The second-order valence-corrected chi connectivity index (χ2v) is 6.63. The van der Waals surface area contributed by atoms with Crippen molar-refractivity contribution in [3.8, 4) is 0 Å². The van der Waals surface area contributed by atoms with Crippen LogP contribution in [0.5, 0.6) is 0 Å². The molecule has 144 valence electrons. The van der Waals surface area contributed by atoms with Crippen LogP contribution < -0.4 is 10.6 Å². The predicted octanol–water partition coefficient (Wildman–Crippen LogP) is 2.85. The minimum Gasteiger partial charge on any atom is -0.356 e. The predicted molar refractivity (Wildman–Crippen MR) is 112 cm³/mol. The van der Waals surface area contributed by atoms with Crippen LogP contribution in [0.2, 0.25) is 0 Å². The maximum absolute atomic E-state index is 11.7. The zero-order chi connectivity index (χ0) is 19.5. The van der Waals surface area contributed by atoms with E-state index in [0.29, 0.717) is 18.9 Å². The Morgan fingerprint density at radius 1 is 0.926 bits per heavy atom.